The Hall–Kier alpha value is -2.37. The van der Waals surface area contributed by atoms with E-state index in [2.05, 4.69) is 5.32 Å². The zero-order valence-corrected chi connectivity index (χ0v) is 13.9. The standard InChI is InChI=1S/C17H12Cl2N2O3/c18-11-5-1-2-7-13(11)20-14(22)8-9-21-16(23)10-4-3-6-12(19)15(10)17(21)24/h1-7H,8-9H2,(H,20,22). The number of para-hydroxylation sites is 1. The third-order valence-corrected chi connectivity index (χ3v) is 4.30. The first-order valence-corrected chi connectivity index (χ1v) is 7.93. The van der Waals surface area contributed by atoms with Gasteiger partial charge in [0.2, 0.25) is 5.91 Å². The van der Waals surface area contributed by atoms with Crippen molar-refractivity contribution < 1.29 is 14.4 Å². The first-order chi connectivity index (χ1) is 11.5. The second-order valence-electron chi connectivity index (χ2n) is 5.20. The third kappa shape index (κ3) is 3.00. The minimum Gasteiger partial charge on any atom is -0.325 e. The van der Waals surface area contributed by atoms with Crippen molar-refractivity contribution in [2.45, 2.75) is 6.42 Å². The molecule has 1 N–H and O–H groups in total. The van der Waals surface area contributed by atoms with E-state index in [1.165, 1.54) is 0 Å². The molecular formula is C17H12Cl2N2O3. The van der Waals surface area contributed by atoms with Crippen molar-refractivity contribution in [3.05, 3.63) is 63.6 Å². The second kappa shape index (κ2) is 6.63. The van der Waals surface area contributed by atoms with E-state index in [0.29, 0.717) is 10.7 Å². The van der Waals surface area contributed by atoms with Gasteiger partial charge in [0.15, 0.2) is 0 Å². The fraction of sp³-hybridized carbons (Fsp3) is 0.118. The summed E-state index contributed by atoms with van der Waals surface area (Å²) >= 11 is 12.0. The molecule has 7 heteroatoms. The van der Waals surface area contributed by atoms with Gasteiger partial charge in [-0.1, -0.05) is 41.4 Å². The Morgan fingerprint density at radius 3 is 2.38 bits per heavy atom. The molecular weight excluding hydrogens is 351 g/mol. The molecule has 2 aromatic rings. The molecule has 3 amide bonds. The van der Waals surface area contributed by atoms with E-state index in [1.54, 1.807) is 42.5 Å². The highest BCUT2D eigenvalue weighted by atomic mass is 35.5. The number of carbonyl (C=O) groups excluding carboxylic acids is 3. The van der Waals surface area contributed by atoms with E-state index < -0.39 is 11.8 Å². The van der Waals surface area contributed by atoms with Gasteiger partial charge in [-0.15, -0.1) is 0 Å². The molecule has 0 saturated heterocycles. The van der Waals surface area contributed by atoms with E-state index in [9.17, 15) is 14.4 Å². The Morgan fingerprint density at radius 2 is 1.67 bits per heavy atom. The van der Waals surface area contributed by atoms with Gasteiger partial charge in [0.25, 0.3) is 11.8 Å². The molecule has 0 spiro atoms. The number of anilines is 1. The number of carbonyl (C=O) groups is 3. The molecule has 0 saturated carbocycles. The van der Waals surface area contributed by atoms with Gasteiger partial charge < -0.3 is 5.32 Å². The van der Waals surface area contributed by atoms with Gasteiger partial charge in [0.1, 0.15) is 0 Å². The number of nitrogens with one attached hydrogen (secondary N) is 1. The monoisotopic (exact) mass is 362 g/mol. The molecule has 3 rings (SSSR count). The highest BCUT2D eigenvalue weighted by molar-refractivity contribution is 6.37. The lowest BCUT2D eigenvalue weighted by atomic mass is 10.1. The summed E-state index contributed by atoms with van der Waals surface area (Å²) in [7, 11) is 0. The molecule has 0 aliphatic carbocycles. The summed E-state index contributed by atoms with van der Waals surface area (Å²) in [5.41, 5.74) is 0.935. The number of fused-ring (bicyclic) bond motifs is 1. The Bertz CT molecular complexity index is 851. The first kappa shape index (κ1) is 16.5. The lowest BCUT2D eigenvalue weighted by molar-refractivity contribution is -0.116. The molecule has 1 aliphatic rings. The molecule has 0 atom stereocenters. The van der Waals surface area contributed by atoms with Crippen LogP contribution >= 0.6 is 23.2 Å². The van der Waals surface area contributed by atoms with Gasteiger partial charge in [-0.3, -0.25) is 19.3 Å². The SMILES string of the molecule is O=C(CCN1C(=O)c2cccc(Cl)c2C1=O)Nc1ccccc1Cl. The van der Waals surface area contributed by atoms with Crippen LogP contribution in [-0.4, -0.2) is 29.2 Å². The number of hydrogen-bond acceptors (Lipinski definition) is 3. The molecule has 0 bridgehead atoms. The highest BCUT2D eigenvalue weighted by Crippen LogP contribution is 2.29. The summed E-state index contributed by atoms with van der Waals surface area (Å²) in [6.07, 6.45) is -0.0334. The molecule has 1 heterocycles. The number of imide groups is 1. The summed E-state index contributed by atoms with van der Waals surface area (Å²) in [6, 6.07) is 11.5. The van der Waals surface area contributed by atoms with E-state index in [4.69, 9.17) is 23.2 Å². The van der Waals surface area contributed by atoms with E-state index in [-0.39, 0.29) is 35.0 Å². The van der Waals surface area contributed by atoms with Gasteiger partial charge in [0.05, 0.1) is 26.9 Å². The van der Waals surface area contributed by atoms with Crippen LogP contribution < -0.4 is 5.32 Å². The lowest BCUT2D eigenvalue weighted by Gasteiger charge is -2.14. The van der Waals surface area contributed by atoms with Crippen molar-refractivity contribution in [1.82, 2.24) is 4.90 Å². The lowest BCUT2D eigenvalue weighted by Crippen LogP contribution is -2.33. The van der Waals surface area contributed by atoms with Crippen LogP contribution in [0.25, 0.3) is 0 Å². The molecule has 5 nitrogen and oxygen atoms in total. The molecule has 0 unspecified atom stereocenters. The molecule has 0 fully saturated rings. The number of hydrogen-bond donors (Lipinski definition) is 1. The van der Waals surface area contributed by atoms with Crippen molar-refractivity contribution >= 4 is 46.6 Å². The molecule has 24 heavy (non-hydrogen) atoms. The number of halogens is 2. The normalized spacial score (nSPS) is 13.2. The van der Waals surface area contributed by atoms with Crippen LogP contribution in [-0.2, 0) is 4.79 Å². The average molecular weight is 363 g/mol. The maximum absolute atomic E-state index is 12.3. The summed E-state index contributed by atoms with van der Waals surface area (Å²) in [6.45, 7) is -0.0288. The summed E-state index contributed by atoms with van der Waals surface area (Å²) in [5, 5.41) is 3.30. The maximum Gasteiger partial charge on any atom is 0.263 e. The highest BCUT2D eigenvalue weighted by Gasteiger charge is 2.37. The predicted octanol–water partition coefficient (Wildman–Crippen LogP) is 3.62. The fourth-order valence-corrected chi connectivity index (χ4v) is 2.92. The minimum atomic E-state index is -0.480. The van der Waals surface area contributed by atoms with Crippen LogP contribution in [0.15, 0.2) is 42.5 Å². The van der Waals surface area contributed by atoms with E-state index in [1.807, 2.05) is 0 Å². The fourth-order valence-electron chi connectivity index (χ4n) is 2.48. The smallest absolute Gasteiger partial charge is 0.263 e. The zero-order chi connectivity index (χ0) is 17.3. The van der Waals surface area contributed by atoms with Crippen molar-refractivity contribution in [2.75, 3.05) is 11.9 Å². The van der Waals surface area contributed by atoms with Gasteiger partial charge in [-0.05, 0) is 24.3 Å². The quantitative estimate of drug-likeness (QED) is 0.844. The molecule has 122 valence electrons. The largest absolute Gasteiger partial charge is 0.325 e. The second-order valence-corrected chi connectivity index (χ2v) is 6.02. The Kier molecular flexibility index (Phi) is 4.55. The van der Waals surface area contributed by atoms with Gasteiger partial charge in [-0.2, -0.15) is 0 Å². The maximum atomic E-state index is 12.3. The Morgan fingerprint density at radius 1 is 0.958 bits per heavy atom. The Labute approximate surface area is 148 Å². The van der Waals surface area contributed by atoms with Gasteiger partial charge in [0, 0.05) is 13.0 Å². The minimum absolute atomic E-state index is 0.0288. The number of rotatable bonds is 4. The van der Waals surface area contributed by atoms with Crippen LogP contribution in [0, 0.1) is 0 Å². The predicted molar refractivity (Wildman–Crippen MR) is 91.5 cm³/mol. The van der Waals surface area contributed by atoms with Crippen molar-refractivity contribution in [3.8, 4) is 0 Å². The topological polar surface area (TPSA) is 66.5 Å². The van der Waals surface area contributed by atoms with Gasteiger partial charge in [-0.25, -0.2) is 0 Å². The van der Waals surface area contributed by atoms with Crippen LogP contribution in [0.4, 0.5) is 5.69 Å². The molecule has 0 aromatic heterocycles. The van der Waals surface area contributed by atoms with Crippen LogP contribution in [0.1, 0.15) is 27.1 Å². The zero-order valence-electron chi connectivity index (χ0n) is 12.4. The van der Waals surface area contributed by atoms with Crippen molar-refractivity contribution in [1.29, 1.82) is 0 Å². The van der Waals surface area contributed by atoms with E-state index in [0.717, 1.165) is 4.90 Å². The van der Waals surface area contributed by atoms with Crippen molar-refractivity contribution in [3.63, 3.8) is 0 Å². The molecule has 1 aliphatic heterocycles. The number of benzene rings is 2. The third-order valence-electron chi connectivity index (χ3n) is 3.66. The molecule has 2 aromatic carbocycles. The van der Waals surface area contributed by atoms with Crippen molar-refractivity contribution in [2.24, 2.45) is 0 Å². The van der Waals surface area contributed by atoms with Crippen LogP contribution in [0.3, 0.4) is 0 Å². The summed E-state index contributed by atoms with van der Waals surface area (Å²) in [5.74, 6) is -1.26. The first-order valence-electron chi connectivity index (χ1n) is 7.18. The summed E-state index contributed by atoms with van der Waals surface area (Å²) < 4.78 is 0. The number of nitrogens with zero attached hydrogens (tertiary/aromatic N) is 1. The van der Waals surface area contributed by atoms with Gasteiger partial charge >= 0.3 is 0 Å². The summed E-state index contributed by atoms with van der Waals surface area (Å²) in [4.78, 5) is 37.7. The van der Waals surface area contributed by atoms with Crippen LogP contribution in [0.5, 0.6) is 0 Å². The van der Waals surface area contributed by atoms with Crippen LogP contribution in [0.2, 0.25) is 10.0 Å². The average Bonchev–Trinajstić information content (AvgIpc) is 2.80. The molecule has 0 radical (unpaired) electrons. The number of amides is 3. The Balaban J connectivity index is 1.67. The van der Waals surface area contributed by atoms with E-state index >= 15 is 0 Å².